The van der Waals surface area contributed by atoms with E-state index in [-0.39, 0.29) is 0 Å². The van der Waals surface area contributed by atoms with Gasteiger partial charge in [0, 0.05) is 0 Å². The van der Waals surface area contributed by atoms with Crippen LogP contribution in [0.3, 0.4) is 0 Å². The molecule has 2 aromatic carbocycles. The number of allylic oxidation sites excluding steroid dienone is 2. The molecule has 0 aliphatic carbocycles. The number of hydrogen-bond acceptors (Lipinski definition) is 0. The van der Waals surface area contributed by atoms with Crippen molar-refractivity contribution in [1.82, 2.24) is 0 Å². The van der Waals surface area contributed by atoms with E-state index in [9.17, 15) is 0 Å². The third-order valence-electron chi connectivity index (χ3n) is 3.47. The molecule has 0 N–H and O–H groups in total. The molecule has 2 aromatic rings. The van der Waals surface area contributed by atoms with E-state index in [1.165, 1.54) is 33.4 Å². The van der Waals surface area contributed by atoms with Gasteiger partial charge in [-0.2, -0.15) is 0 Å². The van der Waals surface area contributed by atoms with Crippen molar-refractivity contribution in [2.24, 2.45) is 0 Å². The zero-order chi connectivity index (χ0) is 14.5. The molecule has 0 aromatic heterocycles. The molecule has 0 spiro atoms. The molecule has 0 radical (unpaired) electrons. The maximum Gasteiger partial charge on any atom is -0.0251 e. The van der Waals surface area contributed by atoms with E-state index in [4.69, 9.17) is 0 Å². The number of hydrogen-bond donors (Lipinski definition) is 0. The molecular weight excluding hydrogens is 240 g/mol. The van der Waals surface area contributed by atoms with Gasteiger partial charge in [-0.05, 0) is 50.0 Å². The van der Waals surface area contributed by atoms with Gasteiger partial charge in [0.15, 0.2) is 0 Å². The Morgan fingerprint density at radius 2 is 1.10 bits per heavy atom. The molecule has 0 amide bonds. The Bertz CT molecular complexity index is 598. The molecule has 0 saturated heterocycles. The first-order valence-corrected chi connectivity index (χ1v) is 7.05. The van der Waals surface area contributed by atoms with Gasteiger partial charge in [-0.15, -0.1) is 0 Å². The van der Waals surface area contributed by atoms with Crippen LogP contribution in [0.2, 0.25) is 0 Å². The van der Waals surface area contributed by atoms with Crippen molar-refractivity contribution in [3.8, 4) is 0 Å². The lowest BCUT2D eigenvalue weighted by Gasteiger charge is -2.04. The zero-order valence-corrected chi connectivity index (χ0v) is 12.8. The van der Waals surface area contributed by atoms with Crippen molar-refractivity contribution < 1.29 is 0 Å². The minimum atomic E-state index is 1.26. The first-order valence-electron chi connectivity index (χ1n) is 7.05. The zero-order valence-electron chi connectivity index (χ0n) is 12.8. The fraction of sp³-hybridized carbons (Fsp3) is 0.200. The summed E-state index contributed by atoms with van der Waals surface area (Å²) < 4.78 is 0. The molecule has 0 unspecified atom stereocenters. The molecular formula is C20H22. The molecule has 102 valence electrons. The summed E-state index contributed by atoms with van der Waals surface area (Å²) in [6.45, 7) is 8.60. The second-order valence-electron chi connectivity index (χ2n) is 5.48. The quantitative estimate of drug-likeness (QED) is 0.612. The summed E-state index contributed by atoms with van der Waals surface area (Å²) in [4.78, 5) is 0. The van der Waals surface area contributed by atoms with Crippen molar-refractivity contribution in [3.05, 3.63) is 81.9 Å². The van der Waals surface area contributed by atoms with Crippen LogP contribution in [-0.4, -0.2) is 0 Å². The largest absolute Gasteiger partial charge is 0.0614 e. The van der Waals surface area contributed by atoms with Crippen LogP contribution in [0.4, 0.5) is 0 Å². The van der Waals surface area contributed by atoms with Gasteiger partial charge in [0.2, 0.25) is 0 Å². The molecule has 0 nitrogen and oxygen atoms in total. The van der Waals surface area contributed by atoms with Gasteiger partial charge in [-0.3, -0.25) is 0 Å². The molecule has 0 heteroatoms. The van der Waals surface area contributed by atoms with Crippen LogP contribution in [0.25, 0.3) is 12.2 Å². The van der Waals surface area contributed by atoms with Crippen LogP contribution < -0.4 is 0 Å². The third kappa shape index (κ3) is 3.96. The van der Waals surface area contributed by atoms with Gasteiger partial charge in [-0.25, -0.2) is 0 Å². The number of benzene rings is 2. The fourth-order valence-electron chi connectivity index (χ4n) is 2.25. The third-order valence-corrected chi connectivity index (χ3v) is 3.47. The van der Waals surface area contributed by atoms with Gasteiger partial charge in [-0.1, -0.05) is 71.8 Å². The summed E-state index contributed by atoms with van der Waals surface area (Å²) in [6, 6.07) is 17.2. The van der Waals surface area contributed by atoms with Gasteiger partial charge in [0.1, 0.15) is 0 Å². The fourth-order valence-corrected chi connectivity index (χ4v) is 2.25. The first kappa shape index (κ1) is 14.3. The Morgan fingerprint density at radius 1 is 0.700 bits per heavy atom. The second-order valence-corrected chi connectivity index (χ2v) is 5.48. The Hall–Kier alpha value is -2.08. The maximum absolute atomic E-state index is 2.24. The minimum Gasteiger partial charge on any atom is -0.0614 e. The molecule has 0 saturated carbocycles. The SMILES string of the molecule is CC(=C\c1cccc(C)c1)/C(C)=C/c1cccc(C)c1. The standard InChI is InChI=1S/C20H22/c1-15-7-5-9-19(11-15)13-17(3)18(4)14-20-10-6-8-16(2)12-20/h5-14H,1-4H3/b17-13+,18-14+. The molecule has 0 atom stereocenters. The highest BCUT2D eigenvalue weighted by atomic mass is 14.0. The smallest absolute Gasteiger partial charge is 0.0251 e. The molecule has 0 bridgehead atoms. The topological polar surface area (TPSA) is 0 Å². The Balaban J connectivity index is 2.26. The van der Waals surface area contributed by atoms with E-state index >= 15 is 0 Å². The summed E-state index contributed by atoms with van der Waals surface area (Å²) in [6.07, 6.45) is 4.49. The molecule has 20 heavy (non-hydrogen) atoms. The molecule has 0 heterocycles. The predicted molar refractivity (Wildman–Crippen MR) is 89.7 cm³/mol. The van der Waals surface area contributed by atoms with Gasteiger partial charge in [0.05, 0.1) is 0 Å². The van der Waals surface area contributed by atoms with Crippen molar-refractivity contribution >= 4 is 12.2 Å². The Morgan fingerprint density at radius 3 is 1.45 bits per heavy atom. The lowest BCUT2D eigenvalue weighted by atomic mass is 10.0. The normalized spacial score (nSPS) is 12.6. The monoisotopic (exact) mass is 262 g/mol. The molecule has 0 aliphatic heterocycles. The average Bonchev–Trinajstić information content (AvgIpc) is 2.38. The van der Waals surface area contributed by atoms with Crippen LogP contribution in [0, 0.1) is 13.8 Å². The minimum absolute atomic E-state index is 1.26. The van der Waals surface area contributed by atoms with Crippen LogP contribution >= 0.6 is 0 Å². The van der Waals surface area contributed by atoms with E-state index in [1.807, 2.05) is 0 Å². The highest BCUT2D eigenvalue weighted by Gasteiger charge is 1.96. The summed E-state index contributed by atoms with van der Waals surface area (Å²) in [5.41, 5.74) is 7.73. The first-order chi connectivity index (χ1) is 9.54. The summed E-state index contributed by atoms with van der Waals surface area (Å²) in [7, 11) is 0. The highest BCUT2D eigenvalue weighted by molar-refractivity contribution is 5.65. The molecule has 2 rings (SSSR count). The van der Waals surface area contributed by atoms with Gasteiger partial charge >= 0.3 is 0 Å². The van der Waals surface area contributed by atoms with Crippen molar-refractivity contribution in [2.75, 3.05) is 0 Å². The highest BCUT2D eigenvalue weighted by Crippen LogP contribution is 2.18. The van der Waals surface area contributed by atoms with Crippen LogP contribution in [-0.2, 0) is 0 Å². The Kier molecular flexibility index (Phi) is 4.57. The molecule has 0 aliphatic rings. The van der Waals surface area contributed by atoms with Crippen molar-refractivity contribution in [1.29, 1.82) is 0 Å². The maximum atomic E-state index is 2.24. The lowest BCUT2D eigenvalue weighted by Crippen LogP contribution is -1.83. The lowest BCUT2D eigenvalue weighted by molar-refractivity contribution is 1.37. The van der Waals surface area contributed by atoms with Crippen LogP contribution in [0.15, 0.2) is 59.7 Å². The second kappa shape index (κ2) is 6.38. The van der Waals surface area contributed by atoms with E-state index in [1.54, 1.807) is 0 Å². The van der Waals surface area contributed by atoms with Crippen LogP contribution in [0.1, 0.15) is 36.1 Å². The van der Waals surface area contributed by atoms with Crippen LogP contribution in [0.5, 0.6) is 0 Å². The van der Waals surface area contributed by atoms with E-state index in [0.29, 0.717) is 0 Å². The van der Waals surface area contributed by atoms with Crippen molar-refractivity contribution in [3.63, 3.8) is 0 Å². The average molecular weight is 262 g/mol. The number of aryl methyl sites for hydroxylation is 2. The van der Waals surface area contributed by atoms with Gasteiger partial charge < -0.3 is 0 Å². The molecule has 0 fully saturated rings. The van der Waals surface area contributed by atoms with Gasteiger partial charge in [0.25, 0.3) is 0 Å². The number of rotatable bonds is 3. The van der Waals surface area contributed by atoms with E-state index in [2.05, 4.69) is 88.4 Å². The van der Waals surface area contributed by atoms with E-state index in [0.717, 1.165) is 0 Å². The summed E-state index contributed by atoms with van der Waals surface area (Å²) >= 11 is 0. The summed E-state index contributed by atoms with van der Waals surface area (Å²) in [5, 5.41) is 0. The van der Waals surface area contributed by atoms with Crippen molar-refractivity contribution in [2.45, 2.75) is 27.7 Å². The summed E-state index contributed by atoms with van der Waals surface area (Å²) in [5.74, 6) is 0. The predicted octanol–water partition coefficient (Wildman–Crippen LogP) is 5.81. The van der Waals surface area contributed by atoms with E-state index < -0.39 is 0 Å². The Labute approximate surface area is 122 Å².